The number of fused-ring (bicyclic) bond motifs is 1. The number of ether oxygens (including phenoxy) is 1. The maximum absolute atomic E-state index is 12.4. The van der Waals surface area contributed by atoms with Crippen LogP contribution in [0, 0.1) is 0 Å². The predicted molar refractivity (Wildman–Crippen MR) is 91.9 cm³/mol. The molecule has 3 rings (SSSR count). The van der Waals surface area contributed by atoms with Gasteiger partial charge >= 0.3 is 0 Å². The number of piperidine rings is 1. The van der Waals surface area contributed by atoms with Crippen molar-refractivity contribution in [2.24, 2.45) is 0 Å². The van der Waals surface area contributed by atoms with Crippen LogP contribution in [0.1, 0.15) is 69.4 Å². The highest BCUT2D eigenvalue weighted by Crippen LogP contribution is 2.28. The van der Waals surface area contributed by atoms with Gasteiger partial charge in [-0.25, -0.2) is 0 Å². The predicted octanol–water partition coefficient (Wildman–Crippen LogP) is 2.53. The molecule has 3 heterocycles. The second-order valence-corrected chi connectivity index (χ2v) is 6.92. The van der Waals surface area contributed by atoms with Crippen molar-refractivity contribution < 1.29 is 9.53 Å². The molecule has 0 saturated carbocycles. The van der Waals surface area contributed by atoms with Gasteiger partial charge in [-0.2, -0.15) is 0 Å². The van der Waals surface area contributed by atoms with Crippen molar-refractivity contribution >= 4 is 5.91 Å². The normalized spacial score (nSPS) is 21.4. The first-order chi connectivity index (χ1) is 11.8. The molecule has 24 heavy (non-hydrogen) atoms. The highest BCUT2D eigenvalue weighted by atomic mass is 16.5. The van der Waals surface area contributed by atoms with E-state index in [1.807, 2.05) is 11.8 Å². The van der Waals surface area contributed by atoms with Gasteiger partial charge in [0.05, 0.1) is 0 Å². The van der Waals surface area contributed by atoms with Crippen molar-refractivity contribution in [2.75, 3.05) is 26.3 Å². The Morgan fingerprint density at radius 2 is 2.12 bits per heavy atom. The number of rotatable bonds is 6. The number of carbonyl (C=O) groups is 1. The Hall–Kier alpha value is -1.43. The fourth-order valence-electron chi connectivity index (χ4n) is 3.85. The minimum absolute atomic E-state index is 0.259. The number of nitrogens with zero attached hydrogens (tertiary/aromatic N) is 4. The highest BCUT2D eigenvalue weighted by Gasteiger charge is 2.29. The monoisotopic (exact) mass is 334 g/mol. The Morgan fingerprint density at radius 1 is 1.21 bits per heavy atom. The van der Waals surface area contributed by atoms with Crippen molar-refractivity contribution in [3.05, 3.63) is 11.6 Å². The lowest BCUT2D eigenvalue weighted by atomic mass is 9.96. The number of aryl methyl sites for hydroxylation is 1. The van der Waals surface area contributed by atoms with Gasteiger partial charge in [0.2, 0.25) is 5.91 Å². The first-order valence-electron chi connectivity index (χ1n) is 9.57. The molecule has 1 aromatic heterocycles. The van der Waals surface area contributed by atoms with Gasteiger partial charge in [0, 0.05) is 51.6 Å². The summed E-state index contributed by atoms with van der Waals surface area (Å²) in [6.45, 7) is 6.10. The first kappa shape index (κ1) is 17.4. The van der Waals surface area contributed by atoms with Crippen LogP contribution in [0.2, 0.25) is 0 Å². The van der Waals surface area contributed by atoms with Crippen molar-refractivity contribution in [1.29, 1.82) is 0 Å². The summed E-state index contributed by atoms with van der Waals surface area (Å²) in [4.78, 5) is 14.5. The minimum Gasteiger partial charge on any atom is -0.382 e. The molecule has 2 aliphatic rings. The van der Waals surface area contributed by atoms with E-state index in [1.165, 1.54) is 19.3 Å². The highest BCUT2D eigenvalue weighted by molar-refractivity contribution is 5.76. The summed E-state index contributed by atoms with van der Waals surface area (Å²) < 4.78 is 7.67. The second kappa shape index (κ2) is 8.60. The maximum Gasteiger partial charge on any atom is 0.222 e. The Bertz CT molecular complexity index is 543. The number of likely N-dealkylation sites (tertiary alicyclic amines) is 1. The number of carbonyl (C=O) groups excluding carboxylic acids is 1. The lowest BCUT2D eigenvalue weighted by Gasteiger charge is -2.32. The molecule has 0 unspecified atom stereocenters. The molecule has 0 bridgehead atoms. The first-order valence-corrected chi connectivity index (χ1v) is 9.57. The van der Waals surface area contributed by atoms with E-state index in [9.17, 15) is 4.79 Å². The van der Waals surface area contributed by atoms with E-state index in [1.54, 1.807) is 0 Å². The van der Waals surface area contributed by atoms with Crippen molar-refractivity contribution in [2.45, 2.75) is 70.8 Å². The Balaban J connectivity index is 1.59. The van der Waals surface area contributed by atoms with E-state index >= 15 is 0 Å². The van der Waals surface area contributed by atoms with Gasteiger partial charge in [-0.3, -0.25) is 4.79 Å². The van der Waals surface area contributed by atoms with E-state index in [4.69, 9.17) is 4.74 Å². The van der Waals surface area contributed by atoms with Gasteiger partial charge in [0.25, 0.3) is 0 Å². The molecular weight excluding hydrogens is 304 g/mol. The fraction of sp³-hybridized carbons (Fsp3) is 0.833. The third kappa shape index (κ3) is 4.15. The SMILES string of the molecule is CCOCCCC(=O)N1CCC[C@@H](c2nnc3n2CCCCC3)C1. The summed E-state index contributed by atoms with van der Waals surface area (Å²) in [5.41, 5.74) is 0. The molecule has 1 fully saturated rings. The van der Waals surface area contributed by atoms with Crippen LogP contribution in [-0.4, -0.2) is 51.9 Å². The smallest absolute Gasteiger partial charge is 0.222 e. The van der Waals surface area contributed by atoms with Crippen LogP contribution in [-0.2, 0) is 22.5 Å². The zero-order valence-electron chi connectivity index (χ0n) is 14.9. The summed E-state index contributed by atoms with van der Waals surface area (Å²) in [5.74, 6) is 2.85. The zero-order valence-corrected chi connectivity index (χ0v) is 14.9. The Morgan fingerprint density at radius 3 is 3.00 bits per heavy atom. The van der Waals surface area contributed by atoms with Crippen LogP contribution in [0.25, 0.3) is 0 Å². The van der Waals surface area contributed by atoms with Crippen molar-refractivity contribution in [1.82, 2.24) is 19.7 Å². The largest absolute Gasteiger partial charge is 0.382 e. The van der Waals surface area contributed by atoms with Gasteiger partial charge < -0.3 is 14.2 Å². The maximum atomic E-state index is 12.4. The van der Waals surface area contributed by atoms with Crippen LogP contribution in [0.15, 0.2) is 0 Å². The quantitative estimate of drug-likeness (QED) is 0.750. The summed E-state index contributed by atoms with van der Waals surface area (Å²) in [5, 5.41) is 8.92. The molecule has 1 saturated heterocycles. The van der Waals surface area contributed by atoms with E-state index in [0.29, 0.717) is 18.9 Å². The van der Waals surface area contributed by atoms with Crippen LogP contribution in [0.4, 0.5) is 0 Å². The summed E-state index contributed by atoms with van der Waals surface area (Å²) in [6.07, 6.45) is 8.32. The van der Waals surface area contributed by atoms with E-state index < -0.39 is 0 Å². The van der Waals surface area contributed by atoms with Gasteiger partial charge in [0.15, 0.2) is 0 Å². The molecule has 0 aliphatic carbocycles. The molecule has 1 amide bonds. The molecule has 134 valence electrons. The molecule has 0 N–H and O–H groups in total. The third-order valence-electron chi connectivity index (χ3n) is 5.16. The molecule has 0 spiro atoms. The summed E-state index contributed by atoms with van der Waals surface area (Å²) in [6, 6.07) is 0. The molecule has 1 aromatic rings. The van der Waals surface area contributed by atoms with Gasteiger partial charge in [0.1, 0.15) is 11.6 Å². The van der Waals surface area contributed by atoms with Crippen LogP contribution in [0.5, 0.6) is 0 Å². The minimum atomic E-state index is 0.259. The van der Waals surface area contributed by atoms with Gasteiger partial charge in [-0.1, -0.05) is 6.42 Å². The second-order valence-electron chi connectivity index (χ2n) is 6.92. The Labute approximate surface area is 144 Å². The molecule has 6 nitrogen and oxygen atoms in total. The number of aromatic nitrogens is 3. The summed E-state index contributed by atoms with van der Waals surface area (Å²) >= 11 is 0. The third-order valence-corrected chi connectivity index (χ3v) is 5.16. The summed E-state index contributed by atoms with van der Waals surface area (Å²) in [7, 11) is 0. The number of amides is 1. The average molecular weight is 334 g/mol. The Kier molecular flexibility index (Phi) is 6.24. The van der Waals surface area contributed by atoms with Gasteiger partial charge in [-0.15, -0.1) is 10.2 Å². The zero-order chi connectivity index (χ0) is 16.8. The molecule has 1 atom stereocenters. The molecule has 2 aliphatic heterocycles. The molecule has 6 heteroatoms. The van der Waals surface area contributed by atoms with Crippen molar-refractivity contribution in [3.63, 3.8) is 0 Å². The standard InChI is InChI=1S/C18H30N4O2/c1-2-24-13-7-10-17(23)21-11-6-8-15(14-21)18-20-19-16-9-4-3-5-12-22(16)18/h15H,2-14H2,1H3/t15-/m1/s1. The van der Waals surface area contributed by atoms with Gasteiger partial charge in [-0.05, 0) is 39.0 Å². The van der Waals surface area contributed by atoms with Crippen LogP contribution >= 0.6 is 0 Å². The number of hydrogen-bond donors (Lipinski definition) is 0. The van der Waals surface area contributed by atoms with E-state index in [-0.39, 0.29) is 5.91 Å². The van der Waals surface area contributed by atoms with Crippen LogP contribution in [0.3, 0.4) is 0 Å². The lowest BCUT2D eigenvalue weighted by molar-refractivity contribution is -0.132. The topological polar surface area (TPSA) is 60.2 Å². The average Bonchev–Trinajstić information content (AvgIpc) is 2.87. The van der Waals surface area contributed by atoms with Crippen LogP contribution < -0.4 is 0 Å². The molecule has 0 aromatic carbocycles. The molecule has 0 radical (unpaired) electrons. The number of hydrogen-bond acceptors (Lipinski definition) is 4. The fourth-order valence-corrected chi connectivity index (χ4v) is 3.85. The van der Waals surface area contributed by atoms with E-state index in [0.717, 1.165) is 63.6 Å². The lowest BCUT2D eigenvalue weighted by Crippen LogP contribution is -2.39. The van der Waals surface area contributed by atoms with Crippen molar-refractivity contribution in [3.8, 4) is 0 Å². The molecular formula is C18H30N4O2. The van der Waals surface area contributed by atoms with E-state index in [2.05, 4.69) is 14.8 Å².